The second-order valence-corrected chi connectivity index (χ2v) is 6.42. The van der Waals surface area contributed by atoms with Gasteiger partial charge in [0.05, 0.1) is 0 Å². The Morgan fingerprint density at radius 3 is 2.50 bits per heavy atom. The van der Waals surface area contributed by atoms with E-state index in [0.29, 0.717) is 5.56 Å². The Labute approximate surface area is 118 Å². The number of aliphatic hydroxyl groups is 1. The lowest BCUT2D eigenvalue weighted by Crippen LogP contribution is -2.38. The van der Waals surface area contributed by atoms with Crippen molar-refractivity contribution in [1.29, 1.82) is 0 Å². The van der Waals surface area contributed by atoms with E-state index in [1.165, 1.54) is 18.5 Å². The zero-order valence-corrected chi connectivity index (χ0v) is 11.8. The average Bonchev–Trinajstić information content (AvgIpc) is 2.47. The molecule has 1 heterocycles. The Kier molecular flexibility index (Phi) is 4.17. The highest BCUT2D eigenvalue weighted by molar-refractivity contribution is 7.89. The number of nitrogens with one attached hydrogen (secondary N) is 1. The minimum Gasteiger partial charge on any atom is -0.384 e. The van der Waals surface area contributed by atoms with Gasteiger partial charge in [0.2, 0.25) is 10.0 Å². The quantitative estimate of drug-likeness (QED) is 0.869. The second kappa shape index (κ2) is 5.70. The first-order valence-corrected chi connectivity index (χ1v) is 7.58. The Bertz CT molecular complexity index is 655. The van der Waals surface area contributed by atoms with Crippen molar-refractivity contribution in [3.8, 4) is 0 Å². The zero-order valence-electron chi connectivity index (χ0n) is 11.0. The smallest absolute Gasteiger partial charge is 0.242 e. The Morgan fingerprint density at radius 1 is 1.20 bits per heavy atom. The molecule has 106 valence electrons. The van der Waals surface area contributed by atoms with Crippen LogP contribution in [0.2, 0.25) is 0 Å². The fourth-order valence-electron chi connectivity index (χ4n) is 1.72. The van der Waals surface area contributed by atoms with Crippen LogP contribution in [0, 0.1) is 0 Å². The van der Waals surface area contributed by atoms with Gasteiger partial charge in [0.15, 0.2) is 0 Å². The molecule has 0 unspecified atom stereocenters. The summed E-state index contributed by atoms with van der Waals surface area (Å²) >= 11 is 0. The van der Waals surface area contributed by atoms with Crippen LogP contribution in [-0.2, 0) is 15.6 Å². The standard InChI is InChI=1S/C14H16N2O3S/c1-14(17,12-6-3-2-4-7-12)11-16-20(18,19)13-8-5-9-15-10-13/h2-10,16-17H,11H2,1H3/t14-/m0/s1. The lowest BCUT2D eigenvalue weighted by Gasteiger charge is -2.24. The van der Waals surface area contributed by atoms with Crippen LogP contribution in [-0.4, -0.2) is 25.1 Å². The molecule has 0 fully saturated rings. The molecule has 0 bridgehead atoms. The summed E-state index contributed by atoms with van der Waals surface area (Å²) in [5.74, 6) is 0. The molecule has 0 saturated heterocycles. The molecule has 0 saturated carbocycles. The van der Waals surface area contributed by atoms with Gasteiger partial charge in [0, 0.05) is 18.9 Å². The van der Waals surface area contributed by atoms with Crippen molar-refractivity contribution in [2.24, 2.45) is 0 Å². The lowest BCUT2D eigenvalue weighted by molar-refractivity contribution is 0.0627. The van der Waals surface area contributed by atoms with Crippen LogP contribution in [0.4, 0.5) is 0 Å². The van der Waals surface area contributed by atoms with Crippen molar-refractivity contribution in [2.75, 3.05) is 6.54 Å². The molecule has 1 aromatic heterocycles. The molecule has 0 amide bonds. The van der Waals surface area contributed by atoms with Crippen LogP contribution in [0.25, 0.3) is 0 Å². The lowest BCUT2D eigenvalue weighted by atomic mass is 9.97. The molecule has 2 N–H and O–H groups in total. The van der Waals surface area contributed by atoms with Crippen molar-refractivity contribution in [2.45, 2.75) is 17.4 Å². The number of pyridine rings is 1. The molecule has 0 aliphatic heterocycles. The molecule has 0 aliphatic carbocycles. The average molecular weight is 292 g/mol. The fourth-order valence-corrected chi connectivity index (χ4v) is 2.82. The largest absolute Gasteiger partial charge is 0.384 e. The summed E-state index contributed by atoms with van der Waals surface area (Å²) < 4.78 is 26.5. The summed E-state index contributed by atoms with van der Waals surface area (Å²) in [4.78, 5) is 3.84. The van der Waals surface area contributed by atoms with Gasteiger partial charge in [-0.2, -0.15) is 0 Å². The predicted molar refractivity (Wildman–Crippen MR) is 75.4 cm³/mol. The minimum atomic E-state index is -3.67. The van der Waals surface area contributed by atoms with E-state index >= 15 is 0 Å². The van der Waals surface area contributed by atoms with E-state index in [1.807, 2.05) is 6.07 Å². The van der Waals surface area contributed by atoms with Gasteiger partial charge in [-0.1, -0.05) is 30.3 Å². The SMILES string of the molecule is C[C@](O)(CNS(=O)(=O)c1cccnc1)c1ccccc1. The van der Waals surface area contributed by atoms with Crippen molar-refractivity contribution in [3.05, 3.63) is 60.4 Å². The highest BCUT2D eigenvalue weighted by atomic mass is 32.2. The summed E-state index contributed by atoms with van der Waals surface area (Å²) in [5.41, 5.74) is -0.634. The summed E-state index contributed by atoms with van der Waals surface area (Å²) in [6.45, 7) is 1.45. The zero-order chi connectivity index (χ0) is 14.6. The Balaban J connectivity index is 2.12. The highest BCUT2D eigenvalue weighted by Crippen LogP contribution is 2.19. The monoisotopic (exact) mass is 292 g/mol. The number of rotatable bonds is 5. The van der Waals surface area contributed by atoms with E-state index in [4.69, 9.17) is 0 Å². The van der Waals surface area contributed by atoms with Crippen molar-refractivity contribution in [1.82, 2.24) is 9.71 Å². The first kappa shape index (κ1) is 14.6. The minimum absolute atomic E-state index is 0.0730. The maximum absolute atomic E-state index is 12.0. The van der Waals surface area contributed by atoms with Crippen LogP contribution in [0.15, 0.2) is 59.8 Å². The third-order valence-corrected chi connectivity index (χ3v) is 4.33. The number of benzene rings is 1. The van der Waals surface area contributed by atoms with E-state index in [2.05, 4.69) is 9.71 Å². The molecule has 20 heavy (non-hydrogen) atoms. The van der Waals surface area contributed by atoms with E-state index in [-0.39, 0.29) is 11.4 Å². The van der Waals surface area contributed by atoms with Crippen molar-refractivity contribution in [3.63, 3.8) is 0 Å². The number of sulfonamides is 1. The third-order valence-electron chi connectivity index (χ3n) is 2.95. The topological polar surface area (TPSA) is 79.3 Å². The number of aromatic nitrogens is 1. The van der Waals surface area contributed by atoms with E-state index in [0.717, 1.165) is 0 Å². The predicted octanol–water partition coefficient (Wildman–Crippen LogP) is 1.27. The van der Waals surface area contributed by atoms with Gasteiger partial charge in [0.25, 0.3) is 0 Å². The van der Waals surface area contributed by atoms with Crippen LogP contribution in [0.3, 0.4) is 0 Å². The molecule has 1 atom stereocenters. The van der Waals surface area contributed by atoms with Gasteiger partial charge in [-0.25, -0.2) is 13.1 Å². The van der Waals surface area contributed by atoms with E-state index in [9.17, 15) is 13.5 Å². The number of hydrogen-bond donors (Lipinski definition) is 2. The first-order chi connectivity index (χ1) is 9.42. The third kappa shape index (κ3) is 3.41. The molecular formula is C14H16N2O3S. The highest BCUT2D eigenvalue weighted by Gasteiger charge is 2.25. The summed E-state index contributed by atoms with van der Waals surface area (Å²) in [6, 6.07) is 11.9. The molecule has 2 rings (SSSR count). The van der Waals surface area contributed by atoms with Gasteiger partial charge in [0.1, 0.15) is 10.5 Å². The van der Waals surface area contributed by atoms with Gasteiger partial charge < -0.3 is 5.11 Å². The van der Waals surface area contributed by atoms with Gasteiger partial charge >= 0.3 is 0 Å². The number of nitrogens with zero attached hydrogens (tertiary/aromatic N) is 1. The van der Waals surface area contributed by atoms with E-state index in [1.54, 1.807) is 37.3 Å². The number of hydrogen-bond acceptors (Lipinski definition) is 4. The van der Waals surface area contributed by atoms with E-state index < -0.39 is 15.6 Å². The first-order valence-electron chi connectivity index (χ1n) is 6.09. The van der Waals surface area contributed by atoms with Crippen LogP contribution >= 0.6 is 0 Å². The molecule has 0 radical (unpaired) electrons. The summed E-state index contributed by atoms with van der Waals surface area (Å²) in [7, 11) is -3.67. The normalized spacial score (nSPS) is 14.7. The molecular weight excluding hydrogens is 276 g/mol. The maximum atomic E-state index is 12.0. The van der Waals surface area contributed by atoms with Crippen LogP contribution < -0.4 is 4.72 Å². The molecule has 0 spiro atoms. The van der Waals surface area contributed by atoms with Crippen LogP contribution in [0.5, 0.6) is 0 Å². The maximum Gasteiger partial charge on any atom is 0.242 e. The van der Waals surface area contributed by atoms with Gasteiger partial charge in [-0.3, -0.25) is 4.98 Å². The Morgan fingerprint density at radius 2 is 1.90 bits per heavy atom. The molecule has 0 aliphatic rings. The summed E-state index contributed by atoms with van der Waals surface area (Å²) in [5, 5.41) is 10.4. The van der Waals surface area contributed by atoms with Gasteiger partial charge in [-0.15, -0.1) is 0 Å². The molecule has 6 heteroatoms. The van der Waals surface area contributed by atoms with Crippen LogP contribution in [0.1, 0.15) is 12.5 Å². The fraction of sp³-hybridized carbons (Fsp3) is 0.214. The Hall–Kier alpha value is -1.76. The molecule has 1 aromatic carbocycles. The van der Waals surface area contributed by atoms with Gasteiger partial charge in [-0.05, 0) is 24.6 Å². The van der Waals surface area contributed by atoms with Crippen molar-refractivity contribution >= 4 is 10.0 Å². The molecule has 5 nitrogen and oxygen atoms in total. The summed E-state index contributed by atoms with van der Waals surface area (Å²) in [6.07, 6.45) is 2.76. The second-order valence-electron chi connectivity index (χ2n) is 4.65. The molecule has 2 aromatic rings. The van der Waals surface area contributed by atoms with Crippen molar-refractivity contribution < 1.29 is 13.5 Å².